The summed E-state index contributed by atoms with van der Waals surface area (Å²) in [5.74, 6) is 6.31. The lowest BCUT2D eigenvalue weighted by atomic mass is 9.99. The molecular weight excluding hydrogens is 408 g/mol. The van der Waals surface area contributed by atoms with Crippen LogP contribution in [0.1, 0.15) is 55.1 Å². The van der Waals surface area contributed by atoms with Gasteiger partial charge in [-0.05, 0) is 57.0 Å². The molecule has 0 spiro atoms. The first kappa shape index (κ1) is 22.9. The molecule has 0 saturated heterocycles. The summed E-state index contributed by atoms with van der Waals surface area (Å²) < 4.78 is 11.1. The molecule has 1 heterocycles. The van der Waals surface area contributed by atoms with Crippen LogP contribution in [0.2, 0.25) is 0 Å². The fourth-order valence-electron chi connectivity index (χ4n) is 3.08. The van der Waals surface area contributed by atoms with Gasteiger partial charge in [0.2, 0.25) is 5.91 Å². The van der Waals surface area contributed by atoms with E-state index in [0.717, 1.165) is 5.56 Å². The van der Waals surface area contributed by atoms with Crippen molar-refractivity contribution in [2.24, 2.45) is 0 Å². The number of hydrogen-bond donors (Lipinski definition) is 2. The highest BCUT2D eigenvalue weighted by Crippen LogP contribution is 2.30. The van der Waals surface area contributed by atoms with Crippen LogP contribution >= 0.6 is 0 Å². The molecule has 3 rings (SSSR count). The van der Waals surface area contributed by atoms with Crippen molar-refractivity contribution in [3.05, 3.63) is 59.2 Å². The van der Waals surface area contributed by atoms with E-state index >= 15 is 0 Å². The maximum atomic E-state index is 12.2. The summed E-state index contributed by atoms with van der Waals surface area (Å²) in [7, 11) is 0. The molecule has 0 atom stereocenters. The molecule has 0 bridgehead atoms. The van der Waals surface area contributed by atoms with Crippen LogP contribution in [0, 0.1) is 11.8 Å². The van der Waals surface area contributed by atoms with E-state index in [1.807, 2.05) is 32.9 Å². The molecule has 2 aromatic rings. The first-order valence-electron chi connectivity index (χ1n) is 10.4. The minimum Gasteiger partial charge on any atom is -0.456 e. The number of alkyl carbamates (subject to hydrolysis) is 1. The molecule has 0 aromatic heterocycles. The third-order valence-electron chi connectivity index (χ3n) is 4.38. The Morgan fingerprint density at radius 1 is 1.16 bits per heavy atom. The third-order valence-corrected chi connectivity index (χ3v) is 4.38. The van der Waals surface area contributed by atoms with Gasteiger partial charge in [-0.15, -0.1) is 0 Å². The lowest BCUT2D eigenvalue weighted by Crippen LogP contribution is -2.37. The van der Waals surface area contributed by atoms with Gasteiger partial charge < -0.3 is 14.8 Å². The molecule has 3 amide bonds. The molecule has 1 aliphatic heterocycles. The van der Waals surface area contributed by atoms with Gasteiger partial charge in [-0.3, -0.25) is 14.9 Å². The van der Waals surface area contributed by atoms with Gasteiger partial charge in [0, 0.05) is 18.5 Å². The Morgan fingerprint density at radius 2 is 1.94 bits per heavy atom. The molecule has 32 heavy (non-hydrogen) atoms. The molecule has 0 unspecified atom stereocenters. The van der Waals surface area contributed by atoms with Crippen molar-refractivity contribution >= 4 is 17.9 Å². The number of amides is 3. The summed E-state index contributed by atoms with van der Waals surface area (Å²) in [4.78, 5) is 35.4. The number of hydrogen-bond acceptors (Lipinski definition) is 5. The maximum absolute atomic E-state index is 12.2. The zero-order valence-corrected chi connectivity index (χ0v) is 18.4. The van der Waals surface area contributed by atoms with E-state index in [0.29, 0.717) is 42.0 Å². The van der Waals surface area contributed by atoms with Crippen molar-refractivity contribution in [1.82, 2.24) is 10.6 Å². The van der Waals surface area contributed by atoms with E-state index in [-0.39, 0.29) is 12.3 Å². The first-order chi connectivity index (χ1) is 15.2. The Labute approximate surface area is 187 Å². The second-order valence-electron chi connectivity index (χ2n) is 8.31. The van der Waals surface area contributed by atoms with Gasteiger partial charge in [-0.25, -0.2) is 4.79 Å². The van der Waals surface area contributed by atoms with Gasteiger partial charge in [0.25, 0.3) is 5.91 Å². The van der Waals surface area contributed by atoms with E-state index in [1.165, 1.54) is 0 Å². The first-order valence-corrected chi connectivity index (χ1v) is 10.4. The number of unbranched alkanes of at least 4 members (excludes halogenated alkanes) is 1. The van der Waals surface area contributed by atoms with Gasteiger partial charge in [-0.2, -0.15) is 0 Å². The molecule has 7 heteroatoms. The van der Waals surface area contributed by atoms with Crippen LogP contribution in [-0.2, 0) is 16.0 Å². The molecule has 1 aliphatic rings. The molecule has 7 nitrogen and oxygen atoms in total. The van der Waals surface area contributed by atoms with Crippen molar-refractivity contribution in [3.8, 4) is 23.3 Å². The van der Waals surface area contributed by atoms with Crippen LogP contribution in [0.3, 0.4) is 0 Å². The van der Waals surface area contributed by atoms with Gasteiger partial charge in [-0.1, -0.05) is 30.0 Å². The number of benzene rings is 2. The standard InChI is InChI=1S/C25H26N2O5/c1-25(2,3)32-24(30)26-14-6-4-5-9-17-10-7-12-19(15-17)31-20-13-8-11-18-16-21(28)27-23(29)22(18)20/h7-8,10-13,15H,4,6,14,16H2,1-3H3,(H,26,30)(H,27,28,29). The van der Waals surface area contributed by atoms with Gasteiger partial charge in [0.05, 0.1) is 12.0 Å². The monoisotopic (exact) mass is 434 g/mol. The van der Waals surface area contributed by atoms with Crippen molar-refractivity contribution in [1.29, 1.82) is 0 Å². The maximum Gasteiger partial charge on any atom is 0.407 e. The van der Waals surface area contributed by atoms with Crippen LogP contribution < -0.4 is 15.4 Å². The Hall–Kier alpha value is -3.79. The van der Waals surface area contributed by atoms with Crippen LogP contribution in [0.4, 0.5) is 4.79 Å². The molecule has 0 saturated carbocycles. The van der Waals surface area contributed by atoms with Crippen molar-refractivity contribution < 1.29 is 23.9 Å². The second-order valence-corrected chi connectivity index (χ2v) is 8.31. The van der Waals surface area contributed by atoms with Crippen LogP contribution in [0.5, 0.6) is 11.5 Å². The summed E-state index contributed by atoms with van der Waals surface area (Å²) in [6.07, 6.45) is 1.02. The Balaban J connectivity index is 1.56. The van der Waals surface area contributed by atoms with Crippen LogP contribution in [-0.4, -0.2) is 30.1 Å². The Kier molecular flexibility index (Phi) is 7.16. The van der Waals surface area contributed by atoms with E-state index in [9.17, 15) is 14.4 Å². The predicted molar refractivity (Wildman–Crippen MR) is 119 cm³/mol. The number of carbonyl (C=O) groups excluding carboxylic acids is 3. The van der Waals surface area contributed by atoms with Crippen molar-refractivity contribution in [2.45, 2.75) is 45.6 Å². The summed E-state index contributed by atoms with van der Waals surface area (Å²) in [5.41, 5.74) is 1.28. The third kappa shape index (κ3) is 6.61. The molecule has 0 aliphatic carbocycles. The predicted octanol–water partition coefficient (Wildman–Crippen LogP) is 3.95. The summed E-state index contributed by atoms with van der Waals surface area (Å²) in [6, 6.07) is 12.5. The molecule has 0 radical (unpaired) electrons. The molecular formula is C25H26N2O5. The lowest BCUT2D eigenvalue weighted by molar-refractivity contribution is -0.119. The molecule has 0 fully saturated rings. The number of ether oxygens (including phenoxy) is 2. The van der Waals surface area contributed by atoms with Crippen LogP contribution in [0.25, 0.3) is 0 Å². The van der Waals surface area contributed by atoms with Gasteiger partial charge in [0.1, 0.15) is 17.1 Å². The average Bonchev–Trinajstić information content (AvgIpc) is 2.69. The fourth-order valence-corrected chi connectivity index (χ4v) is 3.08. The minimum atomic E-state index is -0.517. The Morgan fingerprint density at radius 3 is 2.72 bits per heavy atom. The van der Waals surface area contributed by atoms with Gasteiger partial charge >= 0.3 is 6.09 Å². The quantitative estimate of drug-likeness (QED) is 0.422. The molecule has 166 valence electrons. The lowest BCUT2D eigenvalue weighted by Gasteiger charge is -2.19. The smallest absolute Gasteiger partial charge is 0.407 e. The summed E-state index contributed by atoms with van der Waals surface area (Å²) in [6.45, 7) is 5.94. The van der Waals surface area contributed by atoms with Crippen molar-refractivity contribution in [3.63, 3.8) is 0 Å². The zero-order chi connectivity index (χ0) is 23.1. The summed E-state index contributed by atoms with van der Waals surface area (Å²) in [5, 5.41) is 5.02. The topological polar surface area (TPSA) is 93.7 Å². The second kappa shape index (κ2) is 10.0. The van der Waals surface area contributed by atoms with E-state index in [2.05, 4.69) is 22.5 Å². The molecule has 2 aromatic carbocycles. The highest BCUT2D eigenvalue weighted by molar-refractivity contribution is 6.11. The normalized spacial score (nSPS) is 12.7. The van der Waals surface area contributed by atoms with E-state index < -0.39 is 17.6 Å². The number of fused-ring (bicyclic) bond motifs is 1. The summed E-state index contributed by atoms with van der Waals surface area (Å²) >= 11 is 0. The Bertz CT molecular complexity index is 1090. The SMILES string of the molecule is CC(C)(C)OC(=O)NCCCC#Cc1cccc(Oc2cccc3c2C(=O)NC(=O)C3)c1. The fraction of sp³-hybridized carbons (Fsp3) is 0.320. The minimum absolute atomic E-state index is 0.145. The molecule has 2 N–H and O–H groups in total. The average molecular weight is 434 g/mol. The van der Waals surface area contributed by atoms with E-state index in [1.54, 1.807) is 30.3 Å². The number of carbonyl (C=O) groups is 3. The zero-order valence-electron chi connectivity index (χ0n) is 18.4. The number of rotatable bonds is 5. The highest BCUT2D eigenvalue weighted by atomic mass is 16.6. The van der Waals surface area contributed by atoms with Gasteiger partial charge in [0.15, 0.2) is 0 Å². The number of imide groups is 1. The van der Waals surface area contributed by atoms with Crippen LogP contribution in [0.15, 0.2) is 42.5 Å². The highest BCUT2D eigenvalue weighted by Gasteiger charge is 2.26. The van der Waals surface area contributed by atoms with Crippen molar-refractivity contribution in [2.75, 3.05) is 6.54 Å². The van der Waals surface area contributed by atoms with E-state index in [4.69, 9.17) is 9.47 Å². The largest absolute Gasteiger partial charge is 0.456 e. The number of nitrogens with one attached hydrogen (secondary N) is 2.